The normalized spacial score (nSPS) is 25.6. The third-order valence-corrected chi connectivity index (χ3v) is 8.34. The number of aliphatic imine (C=N–C) groups is 1. The van der Waals surface area contributed by atoms with Gasteiger partial charge in [0.25, 0.3) is 5.91 Å². The molecule has 5 unspecified atom stereocenters. The van der Waals surface area contributed by atoms with E-state index in [9.17, 15) is 4.79 Å². The van der Waals surface area contributed by atoms with E-state index >= 15 is 0 Å². The van der Waals surface area contributed by atoms with Gasteiger partial charge in [-0.05, 0) is 38.5 Å². The van der Waals surface area contributed by atoms with Gasteiger partial charge in [0, 0.05) is 30.8 Å². The zero-order valence-corrected chi connectivity index (χ0v) is 23.8. The Morgan fingerprint density at radius 3 is 2.85 bits per heavy atom. The lowest BCUT2D eigenvalue weighted by atomic mass is 9.89. The molecule has 11 heteroatoms. The summed E-state index contributed by atoms with van der Waals surface area (Å²) in [4.78, 5) is 18.8. The summed E-state index contributed by atoms with van der Waals surface area (Å²) in [6.45, 7) is 8.27. The van der Waals surface area contributed by atoms with Crippen LogP contribution in [0.3, 0.4) is 0 Å². The van der Waals surface area contributed by atoms with Crippen LogP contribution < -0.4 is 16.0 Å². The molecule has 1 saturated heterocycles. The number of aryl methyl sites for hydroxylation is 1. The van der Waals surface area contributed by atoms with Gasteiger partial charge < -0.3 is 19.9 Å². The average molecular weight is 562 g/mol. The van der Waals surface area contributed by atoms with Crippen molar-refractivity contribution in [3.05, 3.63) is 76.4 Å². The number of fused-ring (bicyclic) bond motifs is 2. The highest BCUT2D eigenvalue weighted by Gasteiger charge is 2.45. The first kappa shape index (κ1) is 26.3. The first-order chi connectivity index (χ1) is 19.1. The van der Waals surface area contributed by atoms with Gasteiger partial charge in [0.15, 0.2) is 17.6 Å². The number of hydrogen-bond acceptors (Lipinski definition) is 8. The van der Waals surface area contributed by atoms with Crippen LogP contribution in [0, 0.1) is 11.8 Å². The van der Waals surface area contributed by atoms with Crippen molar-refractivity contribution in [1.82, 2.24) is 25.6 Å². The average Bonchev–Trinajstić information content (AvgIpc) is 3.61. The third kappa shape index (κ3) is 4.50. The number of ether oxygens (including phenoxy) is 1. The molecule has 1 fully saturated rings. The van der Waals surface area contributed by atoms with E-state index in [1.807, 2.05) is 37.3 Å². The fraction of sp³-hybridized carbons (Fsp3) is 0.379. The molecular formula is C29H32ClN7O3. The molecule has 3 N–H and O–H groups in total. The number of para-hydroxylation sites is 1. The minimum Gasteiger partial charge on any atom is -0.477 e. The lowest BCUT2D eigenvalue weighted by molar-refractivity contribution is -0.113. The zero-order valence-electron chi connectivity index (χ0n) is 23.0. The predicted molar refractivity (Wildman–Crippen MR) is 153 cm³/mol. The van der Waals surface area contributed by atoms with Crippen LogP contribution in [0.2, 0.25) is 5.02 Å². The standard InChI is InChI=1S/C29H32ClN7O3/c1-15(16(2)28-34-29(4)13-9-8-12-21(29)39-28)25-31-17(3)22(24(32-25)23-19(30)14-37(5)35-23)27(38)33-26-18-10-6-7-11-20(18)40-36-26/h6-12,14-16,24,28,34H,13H2,1-5H3,(H,31,32)(H,33,36,38). The number of rotatable bonds is 6. The number of halogens is 1. The Hall–Kier alpha value is -3.89. The number of aromatic nitrogens is 3. The van der Waals surface area contributed by atoms with E-state index in [0.29, 0.717) is 38.8 Å². The van der Waals surface area contributed by atoms with Gasteiger partial charge in [0.05, 0.1) is 21.5 Å². The minimum absolute atomic E-state index is 0.0427. The Morgan fingerprint density at radius 1 is 1.30 bits per heavy atom. The molecule has 3 aliphatic rings. The topological polar surface area (TPSA) is 119 Å². The molecule has 2 aromatic heterocycles. The van der Waals surface area contributed by atoms with Crippen LogP contribution in [0.5, 0.6) is 0 Å². The molecule has 4 heterocycles. The molecule has 0 bridgehead atoms. The molecule has 1 aliphatic carbocycles. The highest BCUT2D eigenvalue weighted by Crippen LogP contribution is 2.39. The number of nitrogens with one attached hydrogen (secondary N) is 3. The van der Waals surface area contributed by atoms with Crippen molar-refractivity contribution in [2.75, 3.05) is 5.32 Å². The second-order valence-corrected chi connectivity index (χ2v) is 11.3. The van der Waals surface area contributed by atoms with Crippen molar-refractivity contribution in [3.8, 4) is 0 Å². The summed E-state index contributed by atoms with van der Waals surface area (Å²) in [6, 6.07) is 6.63. The summed E-state index contributed by atoms with van der Waals surface area (Å²) < 4.78 is 13.3. The minimum atomic E-state index is -0.720. The third-order valence-electron chi connectivity index (χ3n) is 8.05. The van der Waals surface area contributed by atoms with E-state index in [-0.39, 0.29) is 29.5 Å². The van der Waals surface area contributed by atoms with Crippen molar-refractivity contribution in [1.29, 1.82) is 0 Å². The SMILES string of the molecule is CC1=C(C(=O)Nc2noc3ccccc23)C(c2nn(C)cc2Cl)N=C(C(C)C(C)C2NC3(C)CC=CC=C3O2)N1. The number of carbonyl (C=O) groups is 1. The molecule has 0 spiro atoms. The fourth-order valence-corrected chi connectivity index (χ4v) is 5.79. The van der Waals surface area contributed by atoms with Gasteiger partial charge in [0.2, 0.25) is 0 Å². The predicted octanol–water partition coefficient (Wildman–Crippen LogP) is 4.99. The Balaban J connectivity index is 1.30. The largest absolute Gasteiger partial charge is 0.477 e. The maximum atomic E-state index is 13.7. The number of amidine groups is 1. The quantitative estimate of drug-likeness (QED) is 0.388. The smallest absolute Gasteiger partial charge is 0.257 e. The summed E-state index contributed by atoms with van der Waals surface area (Å²) >= 11 is 6.60. The summed E-state index contributed by atoms with van der Waals surface area (Å²) in [7, 11) is 1.79. The second kappa shape index (κ2) is 9.94. The monoisotopic (exact) mass is 561 g/mol. The van der Waals surface area contributed by atoms with Crippen molar-refractivity contribution in [3.63, 3.8) is 0 Å². The first-order valence-corrected chi connectivity index (χ1v) is 13.7. The molecule has 1 aromatic carbocycles. The molecule has 1 amide bonds. The number of anilines is 1. The van der Waals surface area contributed by atoms with E-state index < -0.39 is 6.04 Å². The highest BCUT2D eigenvalue weighted by atomic mass is 35.5. The summed E-state index contributed by atoms with van der Waals surface area (Å²) in [6.07, 6.45) is 8.59. The Morgan fingerprint density at radius 2 is 2.10 bits per heavy atom. The molecule has 40 heavy (non-hydrogen) atoms. The van der Waals surface area contributed by atoms with E-state index in [4.69, 9.17) is 25.9 Å². The van der Waals surface area contributed by atoms with Gasteiger partial charge in [0.1, 0.15) is 23.3 Å². The lowest BCUT2D eigenvalue weighted by Crippen LogP contribution is -2.47. The number of hydrogen-bond donors (Lipinski definition) is 3. The first-order valence-electron chi connectivity index (χ1n) is 13.4. The molecule has 0 saturated carbocycles. The molecule has 6 rings (SSSR count). The maximum Gasteiger partial charge on any atom is 0.257 e. The van der Waals surface area contributed by atoms with Gasteiger partial charge in [-0.1, -0.05) is 54.9 Å². The van der Waals surface area contributed by atoms with Crippen LogP contribution in [0.15, 0.2) is 75.2 Å². The molecule has 0 radical (unpaired) electrons. The maximum absolute atomic E-state index is 13.7. The molecule has 208 valence electrons. The Bertz CT molecular complexity index is 1620. The van der Waals surface area contributed by atoms with Gasteiger partial charge in [-0.25, -0.2) is 0 Å². The molecular weight excluding hydrogens is 530 g/mol. The van der Waals surface area contributed by atoms with E-state index in [2.05, 4.69) is 53.1 Å². The number of amides is 1. The van der Waals surface area contributed by atoms with Gasteiger partial charge in [-0.2, -0.15) is 5.10 Å². The fourth-order valence-electron chi connectivity index (χ4n) is 5.51. The van der Waals surface area contributed by atoms with Crippen LogP contribution in [-0.2, 0) is 16.6 Å². The number of allylic oxidation sites excluding steroid dienone is 3. The van der Waals surface area contributed by atoms with Crippen molar-refractivity contribution < 1.29 is 14.1 Å². The molecule has 5 atom stereocenters. The Kier molecular flexibility index (Phi) is 6.54. The molecule has 10 nitrogen and oxygen atoms in total. The molecule has 2 aliphatic heterocycles. The lowest BCUT2D eigenvalue weighted by Gasteiger charge is -2.32. The van der Waals surface area contributed by atoms with Crippen LogP contribution in [-0.4, -0.2) is 38.4 Å². The van der Waals surface area contributed by atoms with Crippen molar-refractivity contribution in [2.24, 2.45) is 23.9 Å². The van der Waals surface area contributed by atoms with Gasteiger partial charge >= 0.3 is 0 Å². The van der Waals surface area contributed by atoms with E-state index in [0.717, 1.165) is 18.0 Å². The number of nitrogens with zero attached hydrogens (tertiary/aromatic N) is 4. The van der Waals surface area contributed by atoms with Crippen molar-refractivity contribution >= 4 is 40.1 Å². The number of benzene rings is 1. The van der Waals surface area contributed by atoms with Gasteiger partial charge in [-0.15, -0.1) is 0 Å². The second-order valence-electron chi connectivity index (χ2n) is 10.9. The van der Waals surface area contributed by atoms with Crippen LogP contribution in [0.1, 0.15) is 45.9 Å². The van der Waals surface area contributed by atoms with Crippen LogP contribution >= 0.6 is 11.6 Å². The van der Waals surface area contributed by atoms with E-state index in [1.54, 1.807) is 24.0 Å². The van der Waals surface area contributed by atoms with E-state index in [1.165, 1.54) is 0 Å². The highest BCUT2D eigenvalue weighted by molar-refractivity contribution is 6.31. The summed E-state index contributed by atoms with van der Waals surface area (Å²) in [5, 5.41) is 19.7. The Labute approximate surface area is 237 Å². The summed E-state index contributed by atoms with van der Waals surface area (Å²) in [5.74, 6) is 1.67. The number of carbonyl (C=O) groups excluding carboxylic acids is 1. The van der Waals surface area contributed by atoms with Crippen LogP contribution in [0.25, 0.3) is 11.0 Å². The molecule has 3 aromatic rings. The zero-order chi connectivity index (χ0) is 28.2. The summed E-state index contributed by atoms with van der Waals surface area (Å²) in [5.41, 5.74) is 1.93. The van der Waals surface area contributed by atoms with Crippen LogP contribution in [0.4, 0.5) is 5.82 Å². The van der Waals surface area contributed by atoms with Crippen molar-refractivity contribution in [2.45, 2.75) is 51.9 Å². The van der Waals surface area contributed by atoms with Gasteiger partial charge in [-0.3, -0.25) is 19.8 Å².